The van der Waals surface area contributed by atoms with Gasteiger partial charge in [-0.3, -0.25) is 72.1 Å². The molecule has 552 valence electrons. The zero-order valence-corrected chi connectivity index (χ0v) is 57.2. The third-order valence-corrected chi connectivity index (χ3v) is 18.5. The van der Waals surface area contributed by atoms with Gasteiger partial charge in [0.2, 0.25) is 70.9 Å². The van der Waals surface area contributed by atoms with Gasteiger partial charge in [0.25, 0.3) is 0 Å². The van der Waals surface area contributed by atoms with Gasteiger partial charge >= 0.3 is 17.9 Å². The number of nitrogens with zero attached hydrogens (tertiary/aromatic N) is 6. The first kappa shape index (κ1) is 79.3. The van der Waals surface area contributed by atoms with Crippen molar-refractivity contribution in [1.82, 2.24) is 61.7 Å². The number of nitrogens with two attached hydrogens (primary N) is 3. The molecule has 35 heteroatoms. The average Bonchev–Trinajstić information content (AvgIpc) is 1.62. The zero-order chi connectivity index (χ0) is 73.8. The normalized spacial score (nSPS) is 21.0. The number of carboxylic acids is 3. The van der Waals surface area contributed by atoms with Gasteiger partial charge in [0.15, 0.2) is 5.96 Å². The maximum atomic E-state index is 15.0. The highest BCUT2D eigenvalue weighted by molar-refractivity contribution is 6.01. The minimum atomic E-state index is -1.81. The number of guanidine groups is 1. The molecule has 17 N–H and O–H groups in total. The first-order valence-corrected chi connectivity index (χ1v) is 34.2. The van der Waals surface area contributed by atoms with E-state index in [-0.39, 0.29) is 134 Å². The molecule has 1 aromatic rings. The molecule has 12 amide bonds. The first-order valence-electron chi connectivity index (χ1n) is 34.2. The molecule has 5 fully saturated rings. The number of phenolic OH excluding ortho intramolecular Hbond substituents is 1. The van der Waals surface area contributed by atoms with Crippen LogP contribution < -0.4 is 54.4 Å². The van der Waals surface area contributed by atoms with Crippen LogP contribution in [0.2, 0.25) is 0 Å². The van der Waals surface area contributed by atoms with Crippen LogP contribution in [0.25, 0.3) is 0 Å². The summed E-state index contributed by atoms with van der Waals surface area (Å²) in [4.78, 5) is 216. The molecule has 0 aliphatic carbocycles. The predicted octanol–water partition coefficient (Wildman–Crippen LogP) is -3.56. The first-order chi connectivity index (χ1) is 47.3. The lowest BCUT2D eigenvalue weighted by Crippen LogP contribution is -2.61. The van der Waals surface area contributed by atoms with Crippen LogP contribution in [0.5, 0.6) is 5.75 Å². The Bertz CT molecular complexity index is 3220. The SMILES string of the molecule is CC(C)C[C@H](NC(=O)[C@@H]1CCCN1C(=O)[C@H](CC(=O)O)NC(=O)[C@@H]1CCCN1C(=O)[C@H](Cc1ccc(O)cc1)NC(=O)[C@@H]1CCCN1C(=O)[C@@H](NC(=O)[C@@H]1CCCN1C(=O)[C@H](C)NC(=O)CN)C(C)C)C(=O)N[C@@H](CCC(=O)O)C(=O)N1CCC[C@H]1C(=O)N[C@@H](CCCN=C(N)N)C(=O)O. The quantitative estimate of drug-likeness (QED) is 0.0180. The molecular weight excluding hydrogens is 1310 g/mol. The van der Waals surface area contributed by atoms with Gasteiger partial charge in [-0.25, -0.2) is 4.79 Å². The second kappa shape index (κ2) is 36.9. The summed E-state index contributed by atoms with van der Waals surface area (Å²) in [5.74, 6) is -14.5. The molecule has 5 aliphatic heterocycles. The van der Waals surface area contributed by atoms with E-state index in [0.29, 0.717) is 24.8 Å². The Morgan fingerprint density at radius 3 is 1.35 bits per heavy atom. The molecule has 6 rings (SSSR count). The lowest BCUT2D eigenvalue weighted by molar-refractivity contribution is -0.148. The summed E-state index contributed by atoms with van der Waals surface area (Å²) in [5.41, 5.74) is 16.6. The summed E-state index contributed by atoms with van der Waals surface area (Å²) in [5, 5.41) is 58.1. The van der Waals surface area contributed by atoms with Crippen LogP contribution in [0.4, 0.5) is 0 Å². The predicted molar refractivity (Wildman–Crippen MR) is 355 cm³/mol. The summed E-state index contributed by atoms with van der Waals surface area (Å²) in [7, 11) is 0. The summed E-state index contributed by atoms with van der Waals surface area (Å²) in [6.07, 6.45) is 0.00551. The number of amides is 12. The molecule has 0 spiro atoms. The number of carboxylic acid groups (broad SMARTS) is 3. The zero-order valence-electron chi connectivity index (χ0n) is 57.2. The molecule has 0 radical (unpaired) electrons. The highest BCUT2D eigenvalue weighted by atomic mass is 16.4. The number of hydrogen-bond donors (Lipinski definition) is 14. The molecule has 0 unspecified atom stereocenters. The van der Waals surface area contributed by atoms with Gasteiger partial charge in [-0.1, -0.05) is 39.8 Å². The Morgan fingerprint density at radius 1 is 0.500 bits per heavy atom. The van der Waals surface area contributed by atoms with Crippen molar-refractivity contribution in [3.63, 3.8) is 0 Å². The molecule has 1 aromatic carbocycles. The topological polar surface area (TPSA) is 528 Å². The summed E-state index contributed by atoms with van der Waals surface area (Å²) < 4.78 is 0. The van der Waals surface area contributed by atoms with Gasteiger partial charge in [0.1, 0.15) is 78.3 Å². The van der Waals surface area contributed by atoms with Crippen molar-refractivity contribution in [2.75, 3.05) is 45.8 Å². The fourth-order valence-electron chi connectivity index (χ4n) is 13.4. The van der Waals surface area contributed by atoms with E-state index in [1.807, 2.05) is 0 Å². The molecule has 0 bridgehead atoms. The largest absolute Gasteiger partial charge is 0.508 e. The number of aliphatic carboxylic acids is 3. The van der Waals surface area contributed by atoms with Crippen LogP contribution in [0, 0.1) is 11.8 Å². The van der Waals surface area contributed by atoms with E-state index in [1.54, 1.807) is 27.7 Å². The van der Waals surface area contributed by atoms with Crippen LogP contribution in [0.1, 0.15) is 143 Å². The average molecular weight is 1410 g/mol. The molecule has 0 aromatic heterocycles. The Labute approximate surface area is 578 Å². The lowest BCUT2D eigenvalue weighted by atomic mass is 10.0. The van der Waals surface area contributed by atoms with Crippen molar-refractivity contribution in [2.24, 2.45) is 34.0 Å². The number of rotatable bonds is 34. The summed E-state index contributed by atoms with van der Waals surface area (Å²) in [6, 6.07) is -9.93. The minimum Gasteiger partial charge on any atom is -0.508 e. The van der Waals surface area contributed by atoms with Crippen molar-refractivity contribution in [1.29, 1.82) is 0 Å². The number of likely N-dealkylation sites (tertiary alicyclic amines) is 5. The Kier molecular flexibility index (Phi) is 29.3. The number of aromatic hydroxyl groups is 1. The number of carbonyl (C=O) groups is 15. The van der Waals surface area contributed by atoms with Gasteiger partial charge in [0, 0.05) is 52.1 Å². The number of nitrogens with one attached hydrogen (secondary N) is 7. The van der Waals surface area contributed by atoms with Crippen molar-refractivity contribution in [3.8, 4) is 5.75 Å². The van der Waals surface area contributed by atoms with Crippen molar-refractivity contribution in [2.45, 2.75) is 216 Å². The third kappa shape index (κ3) is 21.7. The van der Waals surface area contributed by atoms with Crippen LogP contribution in [0.3, 0.4) is 0 Å². The lowest BCUT2D eigenvalue weighted by Gasteiger charge is -2.34. The van der Waals surface area contributed by atoms with Crippen LogP contribution in [-0.4, -0.2) is 258 Å². The van der Waals surface area contributed by atoms with Gasteiger partial charge in [0.05, 0.1) is 13.0 Å². The molecule has 5 aliphatic rings. The van der Waals surface area contributed by atoms with Crippen LogP contribution in [0.15, 0.2) is 29.3 Å². The van der Waals surface area contributed by atoms with Gasteiger partial charge in [-0.2, -0.15) is 0 Å². The summed E-state index contributed by atoms with van der Waals surface area (Å²) in [6.45, 7) is 8.24. The highest BCUT2D eigenvalue weighted by Crippen LogP contribution is 2.28. The van der Waals surface area contributed by atoms with E-state index in [0.717, 1.165) is 9.80 Å². The minimum absolute atomic E-state index is 0.00717. The second-order valence-corrected chi connectivity index (χ2v) is 26.8. The summed E-state index contributed by atoms with van der Waals surface area (Å²) >= 11 is 0. The number of carbonyl (C=O) groups excluding carboxylic acids is 12. The van der Waals surface area contributed by atoms with Crippen LogP contribution >= 0.6 is 0 Å². The Hall–Kier alpha value is -9.70. The highest BCUT2D eigenvalue weighted by Gasteiger charge is 2.47. The maximum Gasteiger partial charge on any atom is 0.326 e. The second-order valence-electron chi connectivity index (χ2n) is 26.8. The molecule has 5 heterocycles. The van der Waals surface area contributed by atoms with Crippen molar-refractivity contribution < 1.29 is 92.3 Å². The standard InChI is InChI=1S/C65H98N16O19/c1-34(2)30-41(53(88)71-39(22-23-50(84)85)60(95)78-26-8-13-44(78)54(89)72-40(64(99)100)12-6-24-69-65(67)68)73-55(90)45-14-9-28-80(45)62(97)43(32-51(86)87)75-56(91)46-15-10-27-79(46)61(96)42(31-37-18-20-38(82)21-19-37)74-57(92)47-16-11-29-81(47)63(98)52(35(3)4)76-58(93)48-17-7-25-77(48)59(94)36(5)70-49(83)33-66/h18-21,34-36,39-48,52,82H,6-17,22-33,66H2,1-5H3,(H,70,83)(H,71,88)(H,72,89)(H,73,90)(H,74,92)(H,75,91)(H,76,93)(H,84,85)(H,86,87)(H,99,100)(H4,67,68,69)/t36-,39-,40-,41-,42-,43-,44-,45-,46-,47-,48-,52-/m0/s1. The van der Waals surface area contributed by atoms with E-state index >= 15 is 0 Å². The number of benzene rings is 1. The molecular formula is C65H98N16O19. The van der Waals surface area contributed by atoms with E-state index < -0.39 is 186 Å². The van der Waals surface area contributed by atoms with E-state index in [1.165, 1.54) is 45.9 Å². The Morgan fingerprint density at radius 2 is 0.920 bits per heavy atom. The smallest absolute Gasteiger partial charge is 0.326 e. The number of aliphatic imine (C=N–C) groups is 1. The third-order valence-electron chi connectivity index (χ3n) is 18.5. The number of phenols is 1. The van der Waals surface area contributed by atoms with Gasteiger partial charge in [-0.05, 0) is 126 Å². The maximum absolute atomic E-state index is 15.0. The molecule has 5 saturated heterocycles. The Balaban J connectivity index is 1.14. The molecule has 12 atom stereocenters. The fraction of sp³-hybridized carbons (Fsp3) is 0.662. The number of hydrogen-bond acceptors (Lipinski definition) is 18. The van der Waals surface area contributed by atoms with E-state index in [2.05, 4.69) is 42.2 Å². The van der Waals surface area contributed by atoms with Gasteiger partial charge < -0.3 is 99.3 Å². The van der Waals surface area contributed by atoms with Crippen molar-refractivity contribution >= 4 is 94.8 Å². The molecule has 35 nitrogen and oxygen atoms in total. The van der Waals surface area contributed by atoms with Gasteiger partial charge in [-0.15, -0.1) is 0 Å². The fourth-order valence-corrected chi connectivity index (χ4v) is 13.4. The monoisotopic (exact) mass is 1410 g/mol. The molecule has 0 saturated carbocycles. The molecule has 100 heavy (non-hydrogen) atoms. The van der Waals surface area contributed by atoms with E-state index in [9.17, 15) is 92.3 Å². The van der Waals surface area contributed by atoms with Crippen molar-refractivity contribution in [3.05, 3.63) is 29.8 Å². The van der Waals surface area contributed by atoms with Crippen LogP contribution in [-0.2, 0) is 78.3 Å². The van der Waals surface area contributed by atoms with E-state index in [4.69, 9.17) is 17.2 Å².